The molecule has 20 heavy (non-hydrogen) atoms. The molecule has 4 nitrogen and oxygen atoms in total. The predicted octanol–water partition coefficient (Wildman–Crippen LogP) is 2.35. The highest BCUT2D eigenvalue weighted by Gasteiger charge is 2.26. The molecule has 2 saturated heterocycles. The molecule has 0 aromatic carbocycles. The van der Waals surface area contributed by atoms with E-state index >= 15 is 0 Å². The Morgan fingerprint density at radius 1 is 1.10 bits per heavy atom. The molecule has 0 bridgehead atoms. The lowest BCUT2D eigenvalue weighted by atomic mass is 9.99. The van der Waals surface area contributed by atoms with Gasteiger partial charge in [-0.3, -0.25) is 4.79 Å². The lowest BCUT2D eigenvalue weighted by Crippen LogP contribution is -2.47. The number of piperidine rings is 2. The third kappa shape index (κ3) is 2.85. The van der Waals surface area contributed by atoms with E-state index in [2.05, 4.69) is 14.8 Å². The van der Waals surface area contributed by atoms with Gasteiger partial charge in [-0.15, -0.1) is 0 Å². The van der Waals surface area contributed by atoms with Crippen LogP contribution < -0.4 is 4.90 Å². The molecule has 2 aliphatic heterocycles. The van der Waals surface area contributed by atoms with Crippen LogP contribution in [0.3, 0.4) is 0 Å². The van der Waals surface area contributed by atoms with Crippen LogP contribution in [0.25, 0.3) is 0 Å². The van der Waals surface area contributed by atoms with Gasteiger partial charge in [0.2, 0.25) is 0 Å². The summed E-state index contributed by atoms with van der Waals surface area (Å²) in [5.74, 6) is 0.861. The molecule has 1 aromatic heterocycles. The maximum absolute atomic E-state index is 11.1. The van der Waals surface area contributed by atoms with Gasteiger partial charge in [-0.05, 0) is 50.9 Å². The summed E-state index contributed by atoms with van der Waals surface area (Å²) in [6.07, 6.45) is 9.18. The second kappa shape index (κ2) is 6.35. The number of nitrogens with zero attached hydrogens (tertiary/aromatic N) is 3. The van der Waals surface area contributed by atoms with Crippen molar-refractivity contribution in [3.05, 3.63) is 23.9 Å². The molecule has 0 N–H and O–H groups in total. The Balaban J connectivity index is 1.61. The Morgan fingerprint density at radius 2 is 1.85 bits per heavy atom. The number of carbonyl (C=O) groups is 1. The van der Waals surface area contributed by atoms with Gasteiger partial charge in [0.05, 0.1) is 5.56 Å². The molecular formula is C16H23N3O. The maximum atomic E-state index is 11.1. The Morgan fingerprint density at radius 3 is 2.55 bits per heavy atom. The highest BCUT2D eigenvalue weighted by atomic mass is 16.1. The number of carbonyl (C=O) groups excluding carboxylic acids is 1. The topological polar surface area (TPSA) is 36.4 Å². The van der Waals surface area contributed by atoms with Crippen LogP contribution in [0.2, 0.25) is 0 Å². The highest BCUT2D eigenvalue weighted by molar-refractivity contribution is 5.82. The number of pyridine rings is 1. The first kappa shape index (κ1) is 13.6. The van der Waals surface area contributed by atoms with E-state index in [1.807, 2.05) is 12.1 Å². The summed E-state index contributed by atoms with van der Waals surface area (Å²) in [6, 6.07) is 4.41. The summed E-state index contributed by atoms with van der Waals surface area (Å²) in [5, 5.41) is 0. The fourth-order valence-corrected chi connectivity index (χ4v) is 3.49. The van der Waals surface area contributed by atoms with Crippen molar-refractivity contribution in [1.82, 2.24) is 9.88 Å². The fraction of sp³-hybridized carbons (Fsp3) is 0.625. The van der Waals surface area contributed by atoms with Crippen LogP contribution in [0.1, 0.15) is 42.5 Å². The summed E-state index contributed by atoms with van der Waals surface area (Å²) in [6.45, 7) is 4.57. The van der Waals surface area contributed by atoms with E-state index in [1.54, 1.807) is 6.20 Å². The fourth-order valence-electron chi connectivity index (χ4n) is 3.49. The van der Waals surface area contributed by atoms with Crippen LogP contribution in [0, 0.1) is 0 Å². The lowest BCUT2D eigenvalue weighted by molar-refractivity contribution is 0.112. The monoisotopic (exact) mass is 273 g/mol. The zero-order valence-corrected chi connectivity index (χ0v) is 12.0. The molecule has 3 rings (SSSR count). The molecule has 0 atom stereocenters. The van der Waals surface area contributed by atoms with Crippen molar-refractivity contribution in [3.8, 4) is 0 Å². The van der Waals surface area contributed by atoms with Gasteiger partial charge in [0.25, 0.3) is 0 Å². The average molecular weight is 273 g/mol. The predicted molar refractivity (Wildman–Crippen MR) is 80.3 cm³/mol. The zero-order chi connectivity index (χ0) is 13.8. The van der Waals surface area contributed by atoms with Crippen molar-refractivity contribution in [2.24, 2.45) is 0 Å². The summed E-state index contributed by atoms with van der Waals surface area (Å²) < 4.78 is 0. The molecule has 2 fully saturated rings. The smallest absolute Gasteiger partial charge is 0.153 e. The Kier molecular flexibility index (Phi) is 4.31. The minimum absolute atomic E-state index is 0.712. The third-order valence-electron chi connectivity index (χ3n) is 4.61. The minimum atomic E-state index is 0.712. The van der Waals surface area contributed by atoms with Crippen LogP contribution in [-0.2, 0) is 0 Å². The van der Waals surface area contributed by atoms with Crippen molar-refractivity contribution in [3.63, 3.8) is 0 Å². The molecule has 0 saturated carbocycles. The number of aromatic nitrogens is 1. The first-order valence-corrected chi connectivity index (χ1v) is 7.77. The van der Waals surface area contributed by atoms with E-state index in [1.165, 1.54) is 45.2 Å². The molecule has 0 radical (unpaired) electrons. The van der Waals surface area contributed by atoms with Gasteiger partial charge >= 0.3 is 0 Å². The molecule has 0 aliphatic carbocycles. The zero-order valence-electron chi connectivity index (χ0n) is 12.0. The molecule has 3 heterocycles. The highest BCUT2D eigenvalue weighted by Crippen LogP contribution is 2.24. The molecular weight excluding hydrogens is 250 g/mol. The molecule has 0 unspecified atom stereocenters. The number of anilines is 1. The Bertz CT molecular complexity index is 449. The van der Waals surface area contributed by atoms with E-state index < -0.39 is 0 Å². The number of aldehydes is 1. The second-order valence-electron chi connectivity index (χ2n) is 5.85. The lowest BCUT2D eigenvalue weighted by Gasteiger charge is -2.40. The minimum Gasteiger partial charge on any atom is -0.356 e. The van der Waals surface area contributed by atoms with Gasteiger partial charge in [-0.2, -0.15) is 0 Å². The summed E-state index contributed by atoms with van der Waals surface area (Å²) in [7, 11) is 0. The molecule has 0 spiro atoms. The van der Waals surface area contributed by atoms with Crippen LogP contribution >= 0.6 is 0 Å². The molecule has 108 valence electrons. The van der Waals surface area contributed by atoms with Crippen LogP contribution in [0.4, 0.5) is 5.82 Å². The van der Waals surface area contributed by atoms with Gasteiger partial charge in [0, 0.05) is 25.3 Å². The van der Waals surface area contributed by atoms with Gasteiger partial charge < -0.3 is 9.80 Å². The Labute approximate surface area is 120 Å². The quantitative estimate of drug-likeness (QED) is 0.792. The molecule has 0 amide bonds. The van der Waals surface area contributed by atoms with Crippen molar-refractivity contribution >= 4 is 12.1 Å². The van der Waals surface area contributed by atoms with E-state index in [0.29, 0.717) is 5.56 Å². The van der Waals surface area contributed by atoms with Crippen molar-refractivity contribution in [1.29, 1.82) is 0 Å². The van der Waals surface area contributed by atoms with E-state index in [9.17, 15) is 4.79 Å². The van der Waals surface area contributed by atoms with E-state index in [0.717, 1.165) is 31.2 Å². The summed E-state index contributed by atoms with van der Waals surface area (Å²) in [4.78, 5) is 20.4. The van der Waals surface area contributed by atoms with Gasteiger partial charge in [0.1, 0.15) is 5.82 Å². The van der Waals surface area contributed by atoms with Crippen LogP contribution in [0.15, 0.2) is 18.3 Å². The van der Waals surface area contributed by atoms with E-state index in [4.69, 9.17) is 0 Å². The normalized spacial score (nSPS) is 21.9. The largest absolute Gasteiger partial charge is 0.356 e. The van der Waals surface area contributed by atoms with Crippen LogP contribution in [-0.4, -0.2) is 48.4 Å². The number of hydrogen-bond acceptors (Lipinski definition) is 4. The van der Waals surface area contributed by atoms with Crippen molar-refractivity contribution in [2.75, 3.05) is 31.1 Å². The Hall–Kier alpha value is -1.42. The van der Waals surface area contributed by atoms with Gasteiger partial charge in [-0.1, -0.05) is 6.42 Å². The standard InChI is InChI=1S/C16H23N3O/c20-13-14-5-4-8-17-16(14)19-11-6-15(7-12-19)18-9-2-1-3-10-18/h4-5,8,13,15H,1-3,6-7,9-12H2. The molecule has 2 aliphatic rings. The SMILES string of the molecule is O=Cc1cccnc1N1CCC(N2CCCCC2)CC1. The first-order chi connectivity index (χ1) is 9.88. The van der Waals surface area contributed by atoms with E-state index in [-0.39, 0.29) is 0 Å². The van der Waals surface area contributed by atoms with Crippen molar-refractivity contribution in [2.45, 2.75) is 38.1 Å². The number of likely N-dealkylation sites (tertiary alicyclic amines) is 1. The molecule has 1 aromatic rings. The third-order valence-corrected chi connectivity index (χ3v) is 4.61. The maximum Gasteiger partial charge on any atom is 0.153 e. The van der Waals surface area contributed by atoms with Gasteiger partial charge in [-0.25, -0.2) is 4.98 Å². The average Bonchev–Trinajstić information content (AvgIpc) is 2.56. The van der Waals surface area contributed by atoms with Gasteiger partial charge in [0.15, 0.2) is 6.29 Å². The summed E-state index contributed by atoms with van der Waals surface area (Å²) >= 11 is 0. The van der Waals surface area contributed by atoms with Crippen LogP contribution in [0.5, 0.6) is 0 Å². The number of rotatable bonds is 3. The van der Waals surface area contributed by atoms with Crippen molar-refractivity contribution < 1.29 is 4.79 Å². The first-order valence-electron chi connectivity index (χ1n) is 7.77. The summed E-state index contributed by atoms with van der Waals surface area (Å²) in [5.41, 5.74) is 0.712. The molecule has 4 heteroatoms. The number of hydrogen-bond donors (Lipinski definition) is 0. The second-order valence-corrected chi connectivity index (χ2v) is 5.85.